The molecule has 0 bridgehead atoms. The molecule has 0 spiro atoms. The lowest BCUT2D eigenvalue weighted by molar-refractivity contribution is -0.121. The van der Waals surface area contributed by atoms with E-state index >= 15 is 0 Å². The molecule has 0 saturated carbocycles. The number of pyridine rings is 1. The molecule has 2 rings (SSSR count). The van der Waals surface area contributed by atoms with Gasteiger partial charge < -0.3 is 14.8 Å². The Labute approximate surface area is 123 Å². The summed E-state index contributed by atoms with van der Waals surface area (Å²) < 4.78 is 10.8. The topological polar surface area (TPSA) is 80.8 Å². The van der Waals surface area contributed by atoms with Crippen molar-refractivity contribution in [3.8, 4) is 5.75 Å². The number of amides is 2. The monoisotopic (exact) mass is 293 g/mol. The first kappa shape index (κ1) is 15.1. The Morgan fingerprint density at radius 1 is 1.52 bits per heavy atom. The van der Waals surface area contributed by atoms with Crippen LogP contribution in [0, 0.1) is 0 Å². The van der Waals surface area contributed by atoms with Gasteiger partial charge in [0.15, 0.2) is 11.6 Å². The zero-order valence-corrected chi connectivity index (χ0v) is 12.5. The van der Waals surface area contributed by atoms with Crippen LogP contribution in [0.4, 0.5) is 10.6 Å². The lowest BCUT2D eigenvalue weighted by Crippen LogP contribution is -2.49. The molecule has 7 heteroatoms. The van der Waals surface area contributed by atoms with Crippen molar-refractivity contribution in [3.63, 3.8) is 0 Å². The van der Waals surface area contributed by atoms with Gasteiger partial charge in [0, 0.05) is 13.2 Å². The Bertz CT molecular complexity index is 553. The lowest BCUT2D eigenvalue weighted by atomic mass is 10.2. The highest BCUT2D eigenvalue weighted by molar-refractivity contribution is 5.97. The molecular formula is C14H19N3O4. The summed E-state index contributed by atoms with van der Waals surface area (Å²) in [7, 11) is 1.51. The molecule has 1 aliphatic heterocycles. The maximum atomic E-state index is 12.2. The number of aromatic nitrogens is 1. The molecule has 114 valence electrons. The van der Waals surface area contributed by atoms with Gasteiger partial charge in [-0.2, -0.15) is 0 Å². The third-order valence-corrected chi connectivity index (χ3v) is 2.86. The van der Waals surface area contributed by atoms with Crippen molar-refractivity contribution in [2.45, 2.75) is 32.4 Å². The minimum absolute atomic E-state index is 0.0419. The van der Waals surface area contributed by atoms with Gasteiger partial charge in [-0.15, -0.1) is 0 Å². The number of likely N-dealkylation sites (N-methyl/N-ethyl adjacent to an activating group) is 1. The predicted molar refractivity (Wildman–Crippen MR) is 76.1 cm³/mol. The molecule has 0 aliphatic carbocycles. The summed E-state index contributed by atoms with van der Waals surface area (Å²) in [6, 6.07) is 2.63. The quantitative estimate of drug-likeness (QED) is 0.851. The largest absolute Gasteiger partial charge is 0.487 e. The molecule has 21 heavy (non-hydrogen) atoms. The molecule has 1 atom stereocenters. The van der Waals surface area contributed by atoms with Crippen LogP contribution < -0.4 is 10.1 Å². The Kier molecular flexibility index (Phi) is 4.02. The maximum Gasteiger partial charge on any atom is 0.410 e. The van der Waals surface area contributed by atoms with Crippen LogP contribution >= 0.6 is 0 Å². The van der Waals surface area contributed by atoms with Crippen LogP contribution in [0.2, 0.25) is 0 Å². The molecule has 1 aromatic heterocycles. The fourth-order valence-corrected chi connectivity index (χ4v) is 1.79. The Morgan fingerprint density at radius 3 is 2.90 bits per heavy atom. The second-order valence-electron chi connectivity index (χ2n) is 5.76. The molecule has 2 heterocycles. The van der Waals surface area contributed by atoms with Crippen LogP contribution in [0.1, 0.15) is 20.8 Å². The molecule has 0 unspecified atom stereocenters. The van der Waals surface area contributed by atoms with Gasteiger partial charge in [0.2, 0.25) is 0 Å². The summed E-state index contributed by atoms with van der Waals surface area (Å²) in [5.41, 5.74) is -0.627. The van der Waals surface area contributed by atoms with E-state index in [9.17, 15) is 9.59 Å². The minimum atomic E-state index is -0.783. The normalized spacial score (nSPS) is 17.9. The van der Waals surface area contributed by atoms with Crippen LogP contribution in [0.3, 0.4) is 0 Å². The Morgan fingerprint density at radius 2 is 2.24 bits per heavy atom. The number of nitrogens with zero attached hydrogens (tertiary/aromatic N) is 2. The van der Waals surface area contributed by atoms with E-state index in [1.54, 1.807) is 39.1 Å². The van der Waals surface area contributed by atoms with Crippen molar-refractivity contribution in [1.29, 1.82) is 0 Å². The zero-order valence-electron chi connectivity index (χ0n) is 12.5. The summed E-state index contributed by atoms with van der Waals surface area (Å²) in [4.78, 5) is 29.5. The first-order chi connectivity index (χ1) is 9.78. The van der Waals surface area contributed by atoms with Gasteiger partial charge in [-0.1, -0.05) is 0 Å². The van der Waals surface area contributed by atoms with Gasteiger partial charge in [0.1, 0.15) is 18.2 Å². The van der Waals surface area contributed by atoms with Gasteiger partial charge in [0.05, 0.1) is 0 Å². The fourth-order valence-electron chi connectivity index (χ4n) is 1.79. The van der Waals surface area contributed by atoms with E-state index < -0.39 is 17.7 Å². The highest BCUT2D eigenvalue weighted by atomic mass is 16.6. The van der Waals surface area contributed by atoms with Crippen molar-refractivity contribution in [2.75, 3.05) is 19.0 Å². The highest BCUT2D eigenvalue weighted by Crippen LogP contribution is 2.24. The number of ether oxygens (including phenoxy) is 2. The minimum Gasteiger partial charge on any atom is -0.487 e. The van der Waals surface area contributed by atoms with E-state index in [1.165, 1.54) is 11.9 Å². The summed E-state index contributed by atoms with van der Waals surface area (Å²) in [5, 5.41) is 2.65. The number of nitrogens with one attached hydrogen (secondary N) is 1. The van der Waals surface area contributed by atoms with Crippen LogP contribution in [0.15, 0.2) is 18.3 Å². The molecule has 7 nitrogen and oxygen atoms in total. The van der Waals surface area contributed by atoms with Crippen molar-refractivity contribution in [1.82, 2.24) is 9.88 Å². The predicted octanol–water partition coefficient (Wildman–Crippen LogP) is 1.65. The number of rotatable bonds is 1. The van der Waals surface area contributed by atoms with Crippen LogP contribution in [-0.2, 0) is 9.53 Å². The number of fused-ring (bicyclic) bond motifs is 1. The summed E-state index contributed by atoms with van der Waals surface area (Å²) >= 11 is 0. The Hall–Kier alpha value is -2.31. The van der Waals surface area contributed by atoms with Crippen LogP contribution in [-0.4, -0.2) is 47.2 Å². The average Bonchev–Trinajstić information content (AvgIpc) is 2.54. The third-order valence-electron chi connectivity index (χ3n) is 2.86. The van der Waals surface area contributed by atoms with E-state index in [1.807, 2.05) is 0 Å². The van der Waals surface area contributed by atoms with Crippen molar-refractivity contribution in [2.24, 2.45) is 0 Å². The number of carbonyl (C=O) groups is 2. The first-order valence-electron chi connectivity index (χ1n) is 6.62. The molecule has 1 N–H and O–H groups in total. The van der Waals surface area contributed by atoms with Crippen molar-refractivity contribution in [3.05, 3.63) is 18.3 Å². The number of hydrogen-bond acceptors (Lipinski definition) is 5. The standard InChI is InChI=1S/C14H19N3O4/c1-14(2,3)21-13(19)17(4)9-8-20-10-6-5-7-15-11(10)16-12(9)18/h5-7,9H,8H2,1-4H3,(H,15,16,18)/t9-/m1/s1. The van der Waals surface area contributed by atoms with Gasteiger partial charge in [-0.25, -0.2) is 9.78 Å². The summed E-state index contributed by atoms with van der Waals surface area (Å²) in [6.45, 7) is 5.34. The van der Waals surface area contributed by atoms with Crippen molar-refractivity contribution < 1.29 is 19.1 Å². The Balaban J connectivity index is 2.11. The molecule has 0 aromatic carbocycles. The molecule has 1 aliphatic rings. The number of anilines is 1. The van der Waals surface area contributed by atoms with E-state index in [0.717, 1.165) is 0 Å². The zero-order chi connectivity index (χ0) is 15.6. The average molecular weight is 293 g/mol. The summed E-state index contributed by atoms with van der Waals surface area (Å²) in [6.07, 6.45) is 0.977. The SMILES string of the molecule is CN(C(=O)OC(C)(C)C)[C@@H]1COc2cccnc2NC1=O. The molecule has 0 fully saturated rings. The van der Waals surface area contributed by atoms with Crippen molar-refractivity contribution >= 4 is 17.8 Å². The maximum absolute atomic E-state index is 12.2. The first-order valence-corrected chi connectivity index (χ1v) is 6.62. The molecule has 2 amide bonds. The molecule has 0 radical (unpaired) electrons. The smallest absolute Gasteiger partial charge is 0.410 e. The highest BCUT2D eigenvalue weighted by Gasteiger charge is 2.33. The molecule has 0 saturated heterocycles. The van der Waals surface area contributed by atoms with E-state index in [-0.39, 0.29) is 12.5 Å². The van der Waals surface area contributed by atoms with E-state index in [2.05, 4.69) is 10.3 Å². The van der Waals surface area contributed by atoms with Gasteiger partial charge in [0.25, 0.3) is 5.91 Å². The second-order valence-corrected chi connectivity index (χ2v) is 5.76. The third kappa shape index (κ3) is 3.62. The van der Waals surface area contributed by atoms with E-state index in [0.29, 0.717) is 11.6 Å². The van der Waals surface area contributed by atoms with Crippen LogP contribution in [0.5, 0.6) is 5.75 Å². The van der Waals surface area contributed by atoms with Gasteiger partial charge >= 0.3 is 6.09 Å². The number of hydrogen-bond donors (Lipinski definition) is 1. The van der Waals surface area contributed by atoms with E-state index in [4.69, 9.17) is 9.47 Å². The fraction of sp³-hybridized carbons (Fsp3) is 0.500. The molecular weight excluding hydrogens is 274 g/mol. The lowest BCUT2D eigenvalue weighted by Gasteiger charge is -2.28. The summed E-state index contributed by atoms with van der Waals surface area (Å²) in [5.74, 6) is 0.467. The number of carbonyl (C=O) groups excluding carboxylic acids is 2. The molecule has 1 aromatic rings. The van der Waals surface area contributed by atoms with Gasteiger partial charge in [-0.05, 0) is 32.9 Å². The van der Waals surface area contributed by atoms with Gasteiger partial charge in [-0.3, -0.25) is 9.69 Å². The van der Waals surface area contributed by atoms with Crippen LogP contribution in [0.25, 0.3) is 0 Å². The second kappa shape index (κ2) is 5.59.